The smallest absolute Gasteiger partial charge is 0.0822 e. The molecule has 4 atom stereocenters. The Morgan fingerprint density at radius 1 is 0.861 bits per heavy atom. The maximum atomic E-state index is 10.4. The Labute approximate surface area is 220 Å². The standard InChI is InChI=1S/C31H53NO4/c1-3-34-26-12-7-23(8-13-26)30-22(2)28-16-11-25(33)21-29(28)36-31(30)24-9-14-27(15-10-24)35-20-19-32-17-5-4-6-18-32/h23-29,31,33H,3-21H2,1-2H3/t23?,24?,25?,26?,27?,28?,29?,31-/m0/s1. The molecule has 2 aliphatic heterocycles. The highest BCUT2D eigenvalue weighted by atomic mass is 16.5. The summed E-state index contributed by atoms with van der Waals surface area (Å²) < 4.78 is 19.4. The SMILES string of the molecule is CCOC1CCC(C2=C(C)C3CCC(O)CC3O[C@H]2C2CCC(OCCN3CCCCC3)CC2)CC1. The molecule has 0 bridgehead atoms. The van der Waals surface area contributed by atoms with Gasteiger partial charge in [0.1, 0.15) is 0 Å². The molecule has 1 N–H and O–H groups in total. The van der Waals surface area contributed by atoms with Crippen LogP contribution in [0.1, 0.15) is 104 Å². The third-order valence-electron chi connectivity index (χ3n) is 10.3. The molecule has 0 aromatic rings. The fourth-order valence-electron chi connectivity index (χ4n) is 8.24. The fourth-order valence-corrected chi connectivity index (χ4v) is 8.24. The maximum absolute atomic E-state index is 10.4. The second kappa shape index (κ2) is 13.1. The summed E-state index contributed by atoms with van der Waals surface area (Å²) in [6.07, 6.45) is 17.7. The molecule has 0 aromatic carbocycles. The first-order valence-electron chi connectivity index (χ1n) is 15.6. The lowest BCUT2D eigenvalue weighted by atomic mass is 9.67. The molecule has 2 heterocycles. The molecular formula is C31H53NO4. The van der Waals surface area contributed by atoms with Crippen molar-refractivity contribution in [2.45, 2.75) is 134 Å². The summed E-state index contributed by atoms with van der Waals surface area (Å²) in [6.45, 7) is 9.88. The van der Waals surface area contributed by atoms with Crippen LogP contribution in [0.25, 0.3) is 0 Å². The molecule has 4 fully saturated rings. The third-order valence-corrected chi connectivity index (χ3v) is 10.3. The normalized spacial score (nSPS) is 40.8. The quantitative estimate of drug-likeness (QED) is 0.419. The minimum atomic E-state index is -0.188. The largest absolute Gasteiger partial charge is 0.393 e. The predicted octanol–water partition coefficient (Wildman–Crippen LogP) is 5.89. The summed E-state index contributed by atoms with van der Waals surface area (Å²) in [5, 5.41) is 10.4. The van der Waals surface area contributed by atoms with Gasteiger partial charge in [0.15, 0.2) is 0 Å². The predicted molar refractivity (Wildman–Crippen MR) is 144 cm³/mol. The molecular weight excluding hydrogens is 450 g/mol. The van der Waals surface area contributed by atoms with Crippen molar-refractivity contribution in [3.63, 3.8) is 0 Å². The number of aliphatic hydroxyl groups excluding tert-OH is 1. The number of hydrogen-bond acceptors (Lipinski definition) is 5. The van der Waals surface area contributed by atoms with Gasteiger partial charge in [-0.05, 0) is 121 Å². The van der Waals surface area contributed by atoms with Crippen LogP contribution < -0.4 is 0 Å². The highest BCUT2D eigenvalue weighted by molar-refractivity contribution is 5.28. The van der Waals surface area contributed by atoms with Crippen LogP contribution in [0.5, 0.6) is 0 Å². The van der Waals surface area contributed by atoms with E-state index in [1.54, 1.807) is 11.1 Å². The topological polar surface area (TPSA) is 51.2 Å². The first kappa shape index (κ1) is 27.1. The highest BCUT2D eigenvalue weighted by Gasteiger charge is 2.45. The Hall–Kier alpha value is -0.460. The molecule has 5 rings (SSSR count). The van der Waals surface area contributed by atoms with Crippen molar-refractivity contribution in [3.8, 4) is 0 Å². The molecule has 0 amide bonds. The van der Waals surface area contributed by atoms with Gasteiger partial charge in [-0.1, -0.05) is 12.0 Å². The summed E-state index contributed by atoms with van der Waals surface area (Å²) in [7, 11) is 0. The maximum Gasteiger partial charge on any atom is 0.0822 e. The van der Waals surface area contributed by atoms with Crippen molar-refractivity contribution < 1.29 is 19.3 Å². The minimum Gasteiger partial charge on any atom is -0.393 e. The van der Waals surface area contributed by atoms with Gasteiger partial charge >= 0.3 is 0 Å². The van der Waals surface area contributed by atoms with Crippen molar-refractivity contribution in [2.75, 3.05) is 32.8 Å². The van der Waals surface area contributed by atoms with Gasteiger partial charge < -0.3 is 24.2 Å². The van der Waals surface area contributed by atoms with Gasteiger partial charge in [0.05, 0.1) is 37.1 Å². The number of piperidine rings is 1. The molecule has 36 heavy (non-hydrogen) atoms. The molecule has 5 nitrogen and oxygen atoms in total. The number of aliphatic hydroxyl groups is 1. The second-order valence-corrected chi connectivity index (χ2v) is 12.5. The van der Waals surface area contributed by atoms with Gasteiger partial charge in [0, 0.05) is 25.5 Å². The average Bonchev–Trinajstić information content (AvgIpc) is 2.90. The van der Waals surface area contributed by atoms with Crippen LogP contribution in [-0.4, -0.2) is 73.4 Å². The van der Waals surface area contributed by atoms with Crippen LogP contribution in [0.2, 0.25) is 0 Å². The molecule has 3 unspecified atom stereocenters. The zero-order valence-electron chi connectivity index (χ0n) is 23.2. The average molecular weight is 504 g/mol. The van der Waals surface area contributed by atoms with Crippen LogP contribution in [0.3, 0.4) is 0 Å². The van der Waals surface area contributed by atoms with Crippen molar-refractivity contribution >= 4 is 0 Å². The van der Waals surface area contributed by atoms with Crippen molar-refractivity contribution in [1.29, 1.82) is 0 Å². The number of fused-ring (bicyclic) bond motifs is 1. The Kier molecular flexibility index (Phi) is 9.84. The lowest BCUT2D eigenvalue weighted by Gasteiger charge is -2.49. The number of likely N-dealkylation sites (tertiary alicyclic amines) is 1. The van der Waals surface area contributed by atoms with E-state index >= 15 is 0 Å². The van der Waals surface area contributed by atoms with E-state index < -0.39 is 0 Å². The summed E-state index contributed by atoms with van der Waals surface area (Å²) in [5.41, 5.74) is 3.29. The zero-order valence-corrected chi connectivity index (χ0v) is 23.2. The Morgan fingerprint density at radius 2 is 1.56 bits per heavy atom. The van der Waals surface area contributed by atoms with Gasteiger partial charge in [-0.15, -0.1) is 0 Å². The van der Waals surface area contributed by atoms with Crippen LogP contribution in [0.15, 0.2) is 11.1 Å². The number of nitrogens with zero attached hydrogens (tertiary/aromatic N) is 1. The molecule has 1 saturated heterocycles. The zero-order chi connectivity index (χ0) is 24.9. The van der Waals surface area contributed by atoms with E-state index in [1.165, 1.54) is 83.7 Å². The monoisotopic (exact) mass is 503 g/mol. The van der Waals surface area contributed by atoms with E-state index in [0.717, 1.165) is 39.0 Å². The summed E-state index contributed by atoms with van der Waals surface area (Å²) in [6, 6.07) is 0. The first-order chi connectivity index (χ1) is 17.6. The molecule has 5 aliphatic rings. The Balaban J connectivity index is 1.20. The number of rotatable bonds is 8. The Morgan fingerprint density at radius 3 is 2.28 bits per heavy atom. The van der Waals surface area contributed by atoms with Gasteiger partial charge in [-0.3, -0.25) is 0 Å². The minimum absolute atomic E-state index is 0.188. The van der Waals surface area contributed by atoms with E-state index in [4.69, 9.17) is 14.2 Å². The molecule has 3 saturated carbocycles. The lowest BCUT2D eigenvalue weighted by Crippen LogP contribution is -2.47. The van der Waals surface area contributed by atoms with E-state index in [9.17, 15) is 5.11 Å². The first-order valence-corrected chi connectivity index (χ1v) is 15.6. The van der Waals surface area contributed by atoms with Crippen molar-refractivity contribution in [1.82, 2.24) is 4.90 Å². The summed E-state index contributed by atoms with van der Waals surface area (Å²) >= 11 is 0. The molecule has 0 radical (unpaired) electrons. The van der Waals surface area contributed by atoms with E-state index in [-0.39, 0.29) is 18.3 Å². The number of hydrogen-bond donors (Lipinski definition) is 1. The van der Waals surface area contributed by atoms with Crippen LogP contribution >= 0.6 is 0 Å². The number of ether oxygens (including phenoxy) is 3. The third kappa shape index (κ3) is 6.57. The van der Waals surface area contributed by atoms with E-state index in [2.05, 4.69) is 18.7 Å². The van der Waals surface area contributed by atoms with Gasteiger partial charge in [0.25, 0.3) is 0 Å². The molecule has 0 aromatic heterocycles. The summed E-state index contributed by atoms with van der Waals surface area (Å²) in [5.74, 6) is 1.76. The molecule has 5 heteroatoms. The lowest BCUT2D eigenvalue weighted by molar-refractivity contribution is -0.110. The van der Waals surface area contributed by atoms with E-state index in [1.807, 2.05) is 0 Å². The molecule has 3 aliphatic carbocycles. The second-order valence-electron chi connectivity index (χ2n) is 12.5. The van der Waals surface area contributed by atoms with Gasteiger partial charge in [-0.2, -0.15) is 0 Å². The molecule has 0 spiro atoms. The van der Waals surface area contributed by atoms with Crippen LogP contribution in [0, 0.1) is 17.8 Å². The van der Waals surface area contributed by atoms with Crippen LogP contribution in [-0.2, 0) is 14.2 Å². The summed E-state index contributed by atoms with van der Waals surface area (Å²) in [4.78, 5) is 2.58. The van der Waals surface area contributed by atoms with E-state index in [0.29, 0.717) is 30.0 Å². The van der Waals surface area contributed by atoms with Crippen molar-refractivity contribution in [2.24, 2.45) is 17.8 Å². The Bertz CT molecular complexity index is 703. The van der Waals surface area contributed by atoms with Crippen LogP contribution in [0.4, 0.5) is 0 Å². The molecule has 206 valence electrons. The fraction of sp³-hybridized carbons (Fsp3) is 0.935. The van der Waals surface area contributed by atoms with Gasteiger partial charge in [0.2, 0.25) is 0 Å². The van der Waals surface area contributed by atoms with Gasteiger partial charge in [-0.25, -0.2) is 0 Å². The van der Waals surface area contributed by atoms with Crippen molar-refractivity contribution in [3.05, 3.63) is 11.1 Å². The highest BCUT2D eigenvalue weighted by Crippen LogP contribution is 2.48.